The van der Waals surface area contributed by atoms with Crippen molar-refractivity contribution in [2.45, 2.75) is 44.6 Å². The highest BCUT2D eigenvalue weighted by Gasteiger charge is 2.39. The molecule has 0 heterocycles. The first-order valence-corrected chi connectivity index (χ1v) is 5.80. The van der Waals surface area contributed by atoms with Crippen molar-refractivity contribution in [2.24, 2.45) is 11.7 Å². The van der Waals surface area contributed by atoms with E-state index in [1.165, 1.54) is 0 Å². The van der Waals surface area contributed by atoms with Crippen molar-refractivity contribution in [2.75, 3.05) is 13.2 Å². The van der Waals surface area contributed by atoms with Crippen molar-refractivity contribution in [3.05, 3.63) is 0 Å². The molecular weight excluding hydrogens is 192 g/mol. The molecule has 0 aromatic carbocycles. The van der Waals surface area contributed by atoms with Crippen molar-refractivity contribution in [1.29, 1.82) is 0 Å². The van der Waals surface area contributed by atoms with Gasteiger partial charge < -0.3 is 16.2 Å². The SMILES string of the molecule is CCC(CCO)CNC(=O)C1(N)CCC1. The second-order valence-electron chi connectivity index (χ2n) is 4.51. The lowest BCUT2D eigenvalue weighted by molar-refractivity contribution is -0.129. The summed E-state index contributed by atoms with van der Waals surface area (Å²) in [6.07, 6.45) is 4.37. The Hall–Kier alpha value is -0.610. The quantitative estimate of drug-likeness (QED) is 0.599. The van der Waals surface area contributed by atoms with Gasteiger partial charge in [0.1, 0.15) is 0 Å². The highest BCUT2D eigenvalue weighted by Crippen LogP contribution is 2.29. The van der Waals surface area contributed by atoms with E-state index in [4.69, 9.17) is 10.8 Å². The van der Waals surface area contributed by atoms with Crippen molar-refractivity contribution in [3.63, 3.8) is 0 Å². The molecule has 1 rings (SSSR count). The van der Waals surface area contributed by atoms with Gasteiger partial charge in [-0.05, 0) is 31.6 Å². The van der Waals surface area contributed by atoms with Gasteiger partial charge in [-0.2, -0.15) is 0 Å². The van der Waals surface area contributed by atoms with Crippen LogP contribution in [0, 0.1) is 5.92 Å². The van der Waals surface area contributed by atoms with Crippen LogP contribution in [0.2, 0.25) is 0 Å². The van der Waals surface area contributed by atoms with Gasteiger partial charge in [-0.1, -0.05) is 13.3 Å². The molecule has 0 spiro atoms. The fraction of sp³-hybridized carbons (Fsp3) is 0.909. The van der Waals surface area contributed by atoms with Crippen LogP contribution in [0.3, 0.4) is 0 Å². The molecule has 0 saturated heterocycles. The van der Waals surface area contributed by atoms with Crippen LogP contribution in [0.15, 0.2) is 0 Å². The summed E-state index contributed by atoms with van der Waals surface area (Å²) in [4.78, 5) is 11.7. The van der Waals surface area contributed by atoms with E-state index >= 15 is 0 Å². The molecule has 0 aromatic rings. The van der Waals surface area contributed by atoms with E-state index in [9.17, 15) is 4.79 Å². The third-order valence-corrected chi connectivity index (χ3v) is 3.36. The van der Waals surface area contributed by atoms with Gasteiger partial charge in [-0.3, -0.25) is 4.79 Å². The molecule has 0 bridgehead atoms. The van der Waals surface area contributed by atoms with Crippen LogP contribution in [0.5, 0.6) is 0 Å². The van der Waals surface area contributed by atoms with E-state index in [2.05, 4.69) is 12.2 Å². The van der Waals surface area contributed by atoms with E-state index in [-0.39, 0.29) is 12.5 Å². The van der Waals surface area contributed by atoms with Gasteiger partial charge in [0.2, 0.25) is 5.91 Å². The molecular formula is C11H22N2O2. The summed E-state index contributed by atoms with van der Waals surface area (Å²) in [5.74, 6) is 0.341. The summed E-state index contributed by atoms with van der Waals surface area (Å²) in [5.41, 5.74) is 5.29. The molecule has 88 valence electrons. The van der Waals surface area contributed by atoms with Crippen LogP contribution in [0.4, 0.5) is 0 Å². The predicted molar refractivity (Wildman–Crippen MR) is 59.3 cm³/mol. The Kier molecular flexibility index (Phi) is 4.54. The third-order valence-electron chi connectivity index (χ3n) is 3.36. The van der Waals surface area contributed by atoms with Crippen LogP contribution < -0.4 is 11.1 Å². The number of carbonyl (C=O) groups excluding carboxylic acids is 1. The lowest BCUT2D eigenvalue weighted by Gasteiger charge is -2.36. The molecule has 4 N–H and O–H groups in total. The first kappa shape index (κ1) is 12.5. The molecule has 1 saturated carbocycles. The molecule has 1 aliphatic rings. The van der Waals surface area contributed by atoms with Gasteiger partial charge in [0.05, 0.1) is 5.54 Å². The number of amides is 1. The molecule has 0 aliphatic heterocycles. The zero-order valence-corrected chi connectivity index (χ0v) is 9.46. The fourth-order valence-corrected chi connectivity index (χ4v) is 1.83. The molecule has 15 heavy (non-hydrogen) atoms. The van der Waals surface area contributed by atoms with Crippen LogP contribution in [-0.4, -0.2) is 29.7 Å². The largest absolute Gasteiger partial charge is 0.396 e. The minimum Gasteiger partial charge on any atom is -0.396 e. The topological polar surface area (TPSA) is 75.3 Å². The number of hydrogen-bond acceptors (Lipinski definition) is 3. The van der Waals surface area contributed by atoms with Gasteiger partial charge in [0, 0.05) is 13.2 Å². The molecule has 4 nitrogen and oxygen atoms in total. The maximum absolute atomic E-state index is 11.7. The number of carbonyl (C=O) groups is 1. The molecule has 1 unspecified atom stereocenters. The summed E-state index contributed by atoms with van der Waals surface area (Å²) in [5, 5.41) is 11.7. The first-order chi connectivity index (χ1) is 7.12. The maximum Gasteiger partial charge on any atom is 0.240 e. The van der Waals surface area contributed by atoms with Gasteiger partial charge in [0.15, 0.2) is 0 Å². The van der Waals surface area contributed by atoms with E-state index in [1.807, 2.05) is 0 Å². The zero-order chi connectivity index (χ0) is 11.3. The van der Waals surface area contributed by atoms with E-state index in [0.29, 0.717) is 12.5 Å². The Bertz CT molecular complexity index is 215. The number of nitrogens with one attached hydrogen (secondary N) is 1. The monoisotopic (exact) mass is 214 g/mol. The van der Waals surface area contributed by atoms with Gasteiger partial charge in [-0.15, -0.1) is 0 Å². The van der Waals surface area contributed by atoms with Crippen molar-refractivity contribution >= 4 is 5.91 Å². The number of aliphatic hydroxyl groups is 1. The Morgan fingerprint density at radius 2 is 2.27 bits per heavy atom. The maximum atomic E-state index is 11.7. The zero-order valence-electron chi connectivity index (χ0n) is 9.46. The average Bonchev–Trinajstić information content (AvgIpc) is 2.20. The Morgan fingerprint density at radius 1 is 1.60 bits per heavy atom. The number of rotatable bonds is 6. The van der Waals surface area contributed by atoms with E-state index < -0.39 is 5.54 Å². The molecule has 1 aliphatic carbocycles. The molecule has 4 heteroatoms. The highest BCUT2D eigenvalue weighted by molar-refractivity contribution is 5.86. The van der Waals surface area contributed by atoms with Crippen LogP contribution in [-0.2, 0) is 4.79 Å². The third kappa shape index (κ3) is 3.18. The summed E-state index contributed by atoms with van der Waals surface area (Å²) < 4.78 is 0. The molecule has 1 fully saturated rings. The number of hydrogen-bond donors (Lipinski definition) is 3. The van der Waals surface area contributed by atoms with Crippen molar-refractivity contribution in [1.82, 2.24) is 5.32 Å². The fourth-order valence-electron chi connectivity index (χ4n) is 1.83. The second-order valence-corrected chi connectivity index (χ2v) is 4.51. The van der Waals surface area contributed by atoms with Crippen molar-refractivity contribution in [3.8, 4) is 0 Å². The van der Waals surface area contributed by atoms with Gasteiger partial charge in [0.25, 0.3) is 0 Å². The smallest absolute Gasteiger partial charge is 0.240 e. The van der Waals surface area contributed by atoms with Crippen LogP contribution >= 0.6 is 0 Å². The predicted octanol–water partition coefficient (Wildman–Crippen LogP) is 0.393. The summed E-state index contributed by atoms with van der Waals surface area (Å²) in [7, 11) is 0. The Morgan fingerprint density at radius 3 is 2.67 bits per heavy atom. The number of nitrogens with two attached hydrogens (primary N) is 1. The van der Waals surface area contributed by atoms with Crippen LogP contribution in [0.25, 0.3) is 0 Å². The van der Waals surface area contributed by atoms with Gasteiger partial charge >= 0.3 is 0 Å². The molecule has 1 atom stereocenters. The van der Waals surface area contributed by atoms with E-state index in [0.717, 1.165) is 32.1 Å². The second kappa shape index (κ2) is 5.47. The average molecular weight is 214 g/mol. The molecule has 1 amide bonds. The summed E-state index contributed by atoms with van der Waals surface area (Å²) in [6.45, 7) is 2.88. The van der Waals surface area contributed by atoms with Crippen LogP contribution in [0.1, 0.15) is 39.0 Å². The van der Waals surface area contributed by atoms with E-state index in [1.54, 1.807) is 0 Å². The molecule has 0 aromatic heterocycles. The highest BCUT2D eigenvalue weighted by atomic mass is 16.3. The Balaban J connectivity index is 2.26. The van der Waals surface area contributed by atoms with Crippen molar-refractivity contribution < 1.29 is 9.90 Å². The lowest BCUT2D eigenvalue weighted by atomic mass is 9.77. The number of aliphatic hydroxyl groups excluding tert-OH is 1. The molecule has 0 radical (unpaired) electrons. The Labute approximate surface area is 91.2 Å². The van der Waals surface area contributed by atoms with Gasteiger partial charge in [-0.25, -0.2) is 0 Å². The normalized spacial score (nSPS) is 20.5. The lowest BCUT2D eigenvalue weighted by Crippen LogP contribution is -2.59. The summed E-state index contributed by atoms with van der Waals surface area (Å²) >= 11 is 0. The summed E-state index contributed by atoms with van der Waals surface area (Å²) in [6, 6.07) is 0. The standard InChI is InChI=1S/C11H22N2O2/c1-2-9(4-7-14)8-13-10(15)11(12)5-3-6-11/h9,14H,2-8,12H2,1H3,(H,13,15). The minimum absolute atomic E-state index is 0.0230. The first-order valence-electron chi connectivity index (χ1n) is 5.80. The minimum atomic E-state index is -0.600.